The first-order valence-corrected chi connectivity index (χ1v) is 7.95. The monoisotopic (exact) mass is 346 g/mol. The number of fused-ring (bicyclic) bond motifs is 1. The second-order valence-corrected chi connectivity index (χ2v) is 6.25. The Labute approximate surface area is 141 Å². The van der Waals surface area contributed by atoms with Gasteiger partial charge in [-0.3, -0.25) is 14.5 Å². The van der Waals surface area contributed by atoms with Crippen molar-refractivity contribution in [2.75, 3.05) is 19.6 Å². The molecule has 130 valence electrons. The number of pyridine rings is 1. The third-order valence-corrected chi connectivity index (χ3v) is 4.40. The topological polar surface area (TPSA) is 74.2 Å². The fourth-order valence-electron chi connectivity index (χ4n) is 3.10. The number of halogens is 2. The summed E-state index contributed by atoms with van der Waals surface area (Å²) >= 11 is 0. The molecule has 3 aromatic rings. The molecule has 25 heavy (non-hydrogen) atoms. The third-order valence-electron chi connectivity index (χ3n) is 4.40. The predicted octanol–water partition coefficient (Wildman–Crippen LogP) is 1.35. The van der Waals surface area contributed by atoms with E-state index in [0.717, 1.165) is 6.07 Å². The summed E-state index contributed by atoms with van der Waals surface area (Å²) in [6.45, 7) is 2.27. The van der Waals surface area contributed by atoms with Gasteiger partial charge < -0.3 is 5.11 Å². The van der Waals surface area contributed by atoms with Crippen molar-refractivity contribution in [2.24, 2.45) is 0 Å². The molecular formula is C17H16F2N4O2. The number of nitrogens with zero attached hydrogens (tertiary/aromatic N) is 3. The van der Waals surface area contributed by atoms with E-state index in [-0.39, 0.29) is 11.8 Å². The van der Waals surface area contributed by atoms with E-state index in [2.05, 4.69) is 9.97 Å². The van der Waals surface area contributed by atoms with Crippen LogP contribution in [0.3, 0.4) is 0 Å². The van der Waals surface area contributed by atoms with Crippen LogP contribution in [-0.2, 0) is 6.54 Å². The summed E-state index contributed by atoms with van der Waals surface area (Å²) in [7, 11) is 0. The zero-order valence-corrected chi connectivity index (χ0v) is 13.2. The number of rotatable bonds is 4. The Balaban J connectivity index is 1.69. The minimum absolute atomic E-state index is 0.286. The van der Waals surface area contributed by atoms with E-state index in [9.17, 15) is 18.7 Å². The van der Waals surface area contributed by atoms with E-state index in [0.29, 0.717) is 48.5 Å². The summed E-state index contributed by atoms with van der Waals surface area (Å²) in [5.41, 5.74) is 1.60. The molecule has 0 saturated carbocycles. The summed E-state index contributed by atoms with van der Waals surface area (Å²) in [4.78, 5) is 21.1. The molecule has 0 amide bonds. The van der Waals surface area contributed by atoms with Crippen LogP contribution < -0.4 is 5.69 Å². The van der Waals surface area contributed by atoms with Crippen LogP contribution in [0.5, 0.6) is 0 Å². The lowest BCUT2D eigenvalue weighted by Gasteiger charge is -2.35. The minimum Gasteiger partial charge on any atom is -0.390 e. The molecule has 6 nitrogen and oxygen atoms in total. The number of benzene rings is 1. The number of H-pyrrole nitrogens is 1. The highest BCUT2D eigenvalue weighted by molar-refractivity contribution is 5.78. The Morgan fingerprint density at radius 3 is 2.52 bits per heavy atom. The zero-order chi connectivity index (χ0) is 17.6. The van der Waals surface area contributed by atoms with Crippen molar-refractivity contribution in [2.45, 2.75) is 12.6 Å². The molecule has 0 aliphatic carbocycles. The van der Waals surface area contributed by atoms with Gasteiger partial charge in [0.15, 0.2) is 5.65 Å². The average molecular weight is 346 g/mol. The van der Waals surface area contributed by atoms with Crippen LogP contribution in [0.2, 0.25) is 0 Å². The van der Waals surface area contributed by atoms with E-state index in [1.807, 2.05) is 4.90 Å². The van der Waals surface area contributed by atoms with Crippen LogP contribution in [0.1, 0.15) is 0 Å². The SMILES string of the molecule is O=c1[nH]c2ncc(-c3cc(F)cc(F)c3)cc2n1CCN1CC(O)C1. The molecule has 0 atom stereocenters. The van der Waals surface area contributed by atoms with Gasteiger partial charge in [0.05, 0.1) is 11.6 Å². The van der Waals surface area contributed by atoms with E-state index in [4.69, 9.17) is 0 Å². The number of β-amino-alcohol motifs (C(OH)–C–C–N with tert-alkyl or cyclic N) is 1. The van der Waals surface area contributed by atoms with Gasteiger partial charge in [0.2, 0.25) is 0 Å². The lowest BCUT2D eigenvalue weighted by molar-refractivity contribution is 0.000587. The molecule has 0 radical (unpaired) electrons. The number of aromatic amines is 1. The van der Waals surface area contributed by atoms with Crippen LogP contribution >= 0.6 is 0 Å². The lowest BCUT2D eigenvalue weighted by Crippen LogP contribution is -2.51. The number of aromatic nitrogens is 3. The van der Waals surface area contributed by atoms with Crippen LogP contribution in [0.25, 0.3) is 22.3 Å². The maximum Gasteiger partial charge on any atom is 0.327 e. The molecule has 0 unspecified atom stereocenters. The van der Waals surface area contributed by atoms with Gasteiger partial charge in [0.1, 0.15) is 11.6 Å². The van der Waals surface area contributed by atoms with Crippen molar-refractivity contribution in [1.29, 1.82) is 0 Å². The Hall–Kier alpha value is -2.58. The first-order chi connectivity index (χ1) is 12.0. The van der Waals surface area contributed by atoms with Crippen LogP contribution in [0.4, 0.5) is 8.78 Å². The van der Waals surface area contributed by atoms with E-state index in [1.165, 1.54) is 18.3 Å². The highest BCUT2D eigenvalue weighted by Gasteiger charge is 2.24. The van der Waals surface area contributed by atoms with E-state index >= 15 is 0 Å². The van der Waals surface area contributed by atoms with Gasteiger partial charge in [0.25, 0.3) is 0 Å². The molecule has 4 rings (SSSR count). The molecule has 2 aromatic heterocycles. The summed E-state index contributed by atoms with van der Waals surface area (Å²) in [6, 6.07) is 4.95. The smallest absolute Gasteiger partial charge is 0.327 e. The molecule has 0 spiro atoms. The molecule has 1 saturated heterocycles. The summed E-state index contributed by atoms with van der Waals surface area (Å²) in [5, 5.41) is 9.32. The van der Waals surface area contributed by atoms with Crippen LogP contribution in [-0.4, -0.2) is 50.3 Å². The molecule has 8 heteroatoms. The molecule has 1 fully saturated rings. The number of aliphatic hydroxyl groups is 1. The Morgan fingerprint density at radius 1 is 1.12 bits per heavy atom. The van der Waals surface area contributed by atoms with Gasteiger partial charge in [-0.1, -0.05) is 0 Å². The van der Waals surface area contributed by atoms with Gasteiger partial charge in [-0.25, -0.2) is 18.6 Å². The second kappa shape index (κ2) is 6.05. The Bertz CT molecular complexity index is 972. The highest BCUT2D eigenvalue weighted by atomic mass is 19.1. The quantitative estimate of drug-likeness (QED) is 0.748. The highest BCUT2D eigenvalue weighted by Crippen LogP contribution is 2.23. The maximum absolute atomic E-state index is 13.4. The number of hydrogen-bond acceptors (Lipinski definition) is 4. The number of imidazole rings is 1. The Morgan fingerprint density at radius 2 is 1.84 bits per heavy atom. The fourth-order valence-corrected chi connectivity index (χ4v) is 3.10. The van der Waals surface area contributed by atoms with Gasteiger partial charge in [0, 0.05) is 44.0 Å². The average Bonchev–Trinajstić information content (AvgIpc) is 2.84. The van der Waals surface area contributed by atoms with Gasteiger partial charge in [-0.2, -0.15) is 0 Å². The van der Waals surface area contributed by atoms with Gasteiger partial charge in [-0.05, 0) is 23.8 Å². The number of nitrogens with one attached hydrogen (secondary N) is 1. The number of aliphatic hydroxyl groups excluding tert-OH is 1. The van der Waals surface area contributed by atoms with Crippen molar-refractivity contribution < 1.29 is 13.9 Å². The number of hydrogen-bond donors (Lipinski definition) is 2. The molecular weight excluding hydrogens is 330 g/mol. The van der Waals surface area contributed by atoms with Crippen molar-refractivity contribution >= 4 is 11.2 Å². The van der Waals surface area contributed by atoms with Crippen LogP contribution in [0.15, 0.2) is 35.3 Å². The molecule has 1 aromatic carbocycles. The minimum atomic E-state index is -0.669. The van der Waals surface area contributed by atoms with Crippen molar-refractivity contribution in [1.82, 2.24) is 19.4 Å². The zero-order valence-electron chi connectivity index (χ0n) is 13.2. The van der Waals surface area contributed by atoms with Crippen molar-refractivity contribution in [3.63, 3.8) is 0 Å². The molecule has 3 heterocycles. The third kappa shape index (κ3) is 3.06. The summed E-state index contributed by atoms with van der Waals surface area (Å²) in [6.07, 6.45) is 1.18. The number of likely N-dealkylation sites (tertiary alicyclic amines) is 1. The standard InChI is InChI=1S/C17H16F2N4O2/c18-12-3-10(4-13(19)6-12)11-5-15-16(20-7-11)21-17(25)23(15)2-1-22-8-14(24)9-22/h3-7,14,24H,1-2,8-9H2,(H,20,21,25). The lowest BCUT2D eigenvalue weighted by atomic mass is 10.1. The fraction of sp³-hybridized carbons (Fsp3) is 0.294. The van der Waals surface area contributed by atoms with Crippen molar-refractivity contribution in [3.8, 4) is 11.1 Å². The first-order valence-electron chi connectivity index (χ1n) is 7.95. The Kier molecular flexibility index (Phi) is 3.85. The largest absolute Gasteiger partial charge is 0.390 e. The summed E-state index contributed by atoms with van der Waals surface area (Å²) in [5.74, 6) is -1.34. The second-order valence-electron chi connectivity index (χ2n) is 6.25. The van der Waals surface area contributed by atoms with Crippen molar-refractivity contribution in [3.05, 3.63) is 52.6 Å². The maximum atomic E-state index is 13.4. The van der Waals surface area contributed by atoms with Crippen LogP contribution in [0, 0.1) is 11.6 Å². The van der Waals surface area contributed by atoms with Gasteiger partial charge >= 0.3 is 5.69 Å². The predicted molar refractivity (Wildman–Crippen MR) is 88.2 cm³/mol. The van der Waals surface area contributed by atoms with E-state index < -0.39 is 11.6 Å². The normalized spacial score (nSPS) is 15.6. The molecule has 1 aliphatic rings. The molecule has 1 aliphatic heterocycles. The summed E-state index contributed by atoms with van der Waals surface area (Å²) < 4.78 is 28.4. The first kappa shape index (κ1) is 15.9. The molecule has 0 bridgehead atoms. The van der Waals surface area contributed by atoms with E-state index in [1.54, 1.807) is 10.6 Å². The van der Waals surface area contributed by atoms with Gasteiger partial charge in [-0.15, -0.1) is 0 Å². The molecule has 2 N–H and O–H groups in total.